The van der Waals surface area contributed by atoms with Crippen molar-refractivity contribution in [3.63, 3.8) is 0 Å². The van der Waals surface area contributed by atoms with E-state index in [1.54, 1.807) is 12.1 Å². The van der Waals surface area contributed by atoms with Crippen LogP contribution in [0.3, 0.4) is 0 Å². The number of halogens is 1. The molecule has 4 rings (SSSR count). The zero-order valence-corrected chi connectivity index (χ0v) is 18.5. The molecule has 0 atom stereocenters. The first-order valence-corrected chi connectivity index (χ1v) is 9.24. The molecule has 0 aliphatic carbocycles. The average molecular weight is 415 g/mol. The molecule has 0 saturated carbocycles. The van der Waals surface area contributed by atoms with Crippen LogP contribution in [0.25, 0.3) is 22.2 Å². The molecule has 1 aliphatic heterocycles. The number of aromatic nitrogens is 1. The molecule has 26 heavy (non-hydrogen) atoms. The third-order valence-electron chi connectivity index (χ3n) is 4.20. The largest absolute Gasteiger partial charge is 1.00 e. The molecular weight excluding hydrogens is 403 g/mol. The molecule has 2 aromatic carbocycles. The van der Waals surface area contributed by atoms with Crippen LogP contribution < -0.4 is 51.4 Å². The van der Waals surface area contributed by atoms with Gasteiger partial charge in [-0.25, -0.2) is 0 Å². The normalized spacial score (nSPS) is 15.1. The number of oxime groups is 1. The van der Waals surface area contributed by atoms with Crippen LogP contribution in [0, 0.1) is 0 Å². The SMILES string of the molecule is O=S(=O)([O-])O/N=C1\CCn2c(-c3ccccc3)cc3c(Cl)ccc1c32.[K+]. The van der Waals surface area contributed by atoms with Crippen LogP contribution in [0.5, 0.6) is 0 Å². The maximum absolute atomic E-state index is 10.7. The van der Waals surface area contributed by atoms with Crippen LogP contribution in [0.4, 0.5) is 0 Å². The van der Waals surface area contributed by atoms with Gasteiger partial charge in [0.15, 0.2) is 0 Å². The number of benzene rings is 2. The Labute approximate surface area is 198 Å². The van der Waals surface area contributed by atoms with Gasteiger partial charge in [0, 0.05) is 29.6 Å². The Morgan fingerprint density at radius 2 is 1.88 bits per heavy atom. The Bertz CT molecular complexity index is 1110. The minimum atomic E-state index is -4.89. The first-order chi connectivity index (χ1) is 11.9. The molecule has 0 unspecified atom stereocenters. The fourth-order valence-corrected chi connectivity index (χ4v) is 3.59. The van der Waals surface area contributed by atoms with Crippen molar-refractivity contribution in [1.82, 2.24) is 4.57 Å². The first kappa shape index (κ1) is 20.0. The molecule has 0 bridgehead atoms. The van der Waals surface area contributed by atoms with Crippen LogP contribution in [-0.4, -0.2) is 23.2 Å². The van der Waals surface area contributed by atoms with Crippen LogP contribution in [0.1, 0.15) is 12.0 Å². The summed E-state index contributed by atoms with van der Waals surface area (Å²) >= 11 is 6.35. The topological polar surface area (TPSA) is 83.7 Å². The summed E-state index contributed by atoms with van der Waals surface area (Å²) in [4.78, 5) is 0. The molecule has 0 spiro atoms. The fraction of sp³-hybridized carbons (Fsp3) is 0.118. The molecule has 1 aromatic heterocycles. The minimum Gasteiger partial charge on any atom is -0.714 e. The third-order valence-corrected chi connectivity index (χ3v) is 4.78. The molecule has 9 heteroatoms. The molecule has 0 radical (unpaired) electrons. The zero-order valence-electron chi connectivity index (χ0n) is 13.8. The standard InChI is InChI=1S/C17H13ClN2O4S.K/c18-14-7-6-12-15(19-24-25(21,22)23)8-9-20-16(10-13(14)17(12)20)11-4-2-1-3-5-11;/h1-7,10H,8-9H2,(H,21,22,23);/q;+1/p-1/b19-15+;. The summed E-state index contributed by atoms with van der Waals surface area (Å²) in [6.45, 7) is 0.572. The Kier molecular flexibility index (Phi) is 5.95. The van der Waals surface area contributed by atoms with Gasteiger partial charge in [-0.3, -0.25) is 4.28 Å². The zero-order chi connectivity index (χ0) is 17.6. The second-order valence-electron chi connectivity index (χ2n) is 5.68. The fourth-order valence-electron chi connectivity index (χ4n) is 3.20. The first-order valence-electron chi connectivity index (χ1n) is 7.53. The van der Waals surface area contributed by atoms with Gasteiger partial charge in [-0.1, -0.05) is 47.1 Å². The van der Waals surface area contributed by atoms with Gasteiger partial charge in [0.05, 0.1) is 16.3 Å². The summed E-state index contributed by atoms with van der Waals surface area (Å²) < 4.78 is 38.3. The molecule has 0 fully saturated rings. The van der Waals surface area contributed by atoms with E-state index in [9.17, 15) is 13.0 Å². The van der Waals surface area contributed by atoms with Crippen molar-refractivity contribution >= 4 is 38.6 Å². The van der Waals surface area contributed by atoms with E-state index < -0.39 is 10.4 Å². The van der Waals surface area contributed by atoms with Crippen molar-refractivity contribution in [2.75, 3.05) is 0 Å². The molecule has 6 nitrogen and oxygen atoms in total. The van der Waals surface area contributed by atoms with E-state index in [4.69, 9.17) is 11.6 Å². The number of hydrogen-bond donors (Lipinski definition) is 0. The van der Waals surface area contributed by atoms with E-state index in [0.717, 1.165) is 22.2 Å². The Hall–Kier alpha value is -0.714. The molecule has 0 N–H and O–H groups in total. The van der Waals surface area contributed by atoms with Crippen LogP contribution >= 0.6 is 11.6 Å². The van der Waals surface area contributed by atoms with Gasteiger partial charge >= 0.3 is 51.4 Å². The summed E-state index contributed by atoms with van der Waals surface area (Å²) in [6.07, 6.45) is 0.438. The monoisotopic (exact) mass is 414 g/mol. The second-order valence-corrected chi connectivity index (χ2v) is 7.05. The summed E-state index contributed by atoms with van der Waals surface area (Å²) in [6, 6.07) is 15.4. The maximum Gasteiger partial charge on any atom is 1.00 e. The van der Waals surface area contributed by atoms with E-state index in [0.29, 0.717) is 29.3 Å². The van der Waals surface area contributed by atoms with E-state index in [2.05, 4.69) is 14.0 Å². The van der Waals surface area contributed by atoms with Crippen molar-refractivity contribution in [3.8, 4) is 11.3 Å². The van der Waals surface area contributed by atoms with Crippen LogP contribution in [-0.2, 0) is 21.2 Å². The summed E-state index contributed by atoms with van der Waals surface area (Å²) in [5, 5.41) is 4.98. The van der Waals surface area contributed by atoms with Crippen LogP contribution in [0.2, 0.25) is 5.02 Å². The van der Waals surface area contributed by atoms with Gasteiger partial charge in [0.25, 0.3) is 10.4 Å². The van der Waals surface area contributed by atoms with Crippen molar-refractivity contribution in [1.29, 1.82) is 0 Å². The summed E-state index contributed by atoms with van der Waals surface area (Å²) in [5.74, 6) is 0. The van der Waals surface area contributed by atoms with Crippen molar-refractivity contribution in [2.24, 2.45) is 5.16 Å². The van der Waals surface area contributed by atoms with Crippen LogP contribution in [0.15, 0.2) is 53.7 Å². The molecule has 128 valence electrons. The predicted molar refractivity (Wildman–Crippen MR) is 94.3 cm³/mol. The van der Waals surface area contributed by atoms with E-state index >= 15 is 0 Å². The molecule has 1 aliphatic rings. The molecule has 0 saturated heterocycles. The van der Waals surface area contributed by atoms with Gasteiger partial charge in [-0.2, -0.15) is 8.42 Å². The molecular formula is C17H12ClKN2O4S. The quantitative estimate of drug-likeness (QED) is 0.271. The summed E-state index contributed by atoms with van der Waals surface area (Å²) in [5.41, 5.74) is 4.03. The predicted octanol–water partition coefficient (Wildman–Crippen LogP) is 0.550. The van der Waals surface area contributed by atoms with Gasteiger partial charge < -0.3 is 9.12 Å². The molecule has 3 aromatic rings. The minimum absolute atomic E-state index is 0. The van der Waals surface area contributed by atoms with E-state index in [1.165, 1.54) is 0 Å². The van der Waals surface area contributed by atoms with Crippen molar-refractivity contribution in [3.05, 3.63) is 59.1 Å². The smallest absolute Gasteiger partial charge is 0.714 e. The molecule has 0 amide bonds. The van der Waals surface area contributed by atoms with Gasteiger partial charge in [-0.15, -0.1) is 0 Å². The maximum atomic E-state index is 10.7. The van der Waals surface area contributed by atoms with E-state index in [-0.39, 0.29) is 51.4 Å². The number of nitrogens with zero attached hydrogens (tertiary/aromatic N) is 2. The molecule has 2 heterocycles. The number of rotatable bonds is 3. The van der Waals surface area contributed by atoms with Crippen molar-refractivity contribution in [2.45, 2.75) is 13.0 Å². The van der Waals surface area contributed by atoms with E-state index in [1.807, 2.05) is 36.4 Å². The number of aryl methyl sites for hydroxylation is 1. The Balaban J connectivity index is 0.00000196. The third kappa shape index (κ3) is 3.78. The van der Waals surface area contributed by atoms with Gasteiger partial charge in [0.1, 0.15) is 0 Å². The second kappa shape index (κ2) is 7.73. The van der Waals surface area contributed by atoms with Gasteiger partial charge in [-0.05, 0) is 23.8 Å². The Morgan fingerprint density at radius 1 is 1.15 bits per heavy atom. The summed E-state index contributed by atoms with van der Waals surface area (Å²) in [7, 11) is -4.89. The average Bonchev–Trinajstić information content (AvgIpc) is 2.98. The van der Waals surface area contributed by atoms with Gasteiger partial charge in [0.2, 0.25) is 0 Å². The number of hydrogen-bond acceptors (Lipinski definition) is 5. The van der Waals surface area contributed by atoms with Crippen molar-refractivity contribution < 1.29 is 68.6 Å². The Morgan fingerprint density at radius 3 is 2.58 bits per heavy atom.